The lowest BCUT2D eigenvalue weighted by atomic mass is 9.94. The van der Waals surface area contributed by atoms with Gasteiger partial charge < -0.3 is 9.32 Å². The van der Waals surface area contributed by atoms with E-state index in [2.05, 4.69) is 28.0 Å². The molecular weight excluding hydrogens is 236 g/mol. The van der Waals surface area contributed by atoms with E-state index in [0.29, 0.717) is 0 Å². The highest BCUT2D eigenvalue weighted by atomic mass is 16.3. The molecule has 1 unspecified atom stereocenters. The number of furan rings is 1. The molecule has 3 heteroatoms. The van der Waals surface area contributed by atoms with Crippen LogP contribution in [0.25, 0.3) is 0 Å². The zero-order chi connectivity index (χ0) is 12.9. The van der Waals surface area contributed by atoms with Crippen LogP contribution < -0.4 is 0 Å². The Balaban J connectivity index is 1.40. The lowest BCUT2D eigenvalue weighted by Crippen LogP contribution is -2.47. The first-order valence-corrected chi connectivity index (χ1v) is 7.52. The van der Waals surface area contributed by atoms with Crippen molar-refractivity contribution in [3.05, 3.63) is 36.3 Å². The molecule has 0 spiro atoms. The lowest BCUT2D eigenvalue weighted by Gasteiger charge is -2.36. The summed E-state index contributed by atoms with van der Waals surface area (Å²) in [7, 11) is 0. The molecule has 0 saturated carbocycles. The number of hydrogen-bond acceptors (Lipinski definition) is 3. The molecule has 1 fully saturated rings. The van der Waals surface area contributed by atoms with E-state index in [9.17, 15) is 0 Å². The Hall–Kier alpha value is -1.06. The highest BCUT2D eigenvalue weighted by Crippen LogP contribution is 2.20. The predicted octanol–water partition coefficient (Wildman–Crippen LogP) is 2.75. The molecular formula is C16H24N2O. The molecule has 1 aliphatic carbocycles. The maximum Gasteiger partial charge on any atom is 0.117 e. The molecule has 3 rings (SSSR count). The van der Waals surface area contributed by atoms with Crippen molar-refractivity contribution in [2.75, 3.05) is 32.7 Å². The quantitative estimate of drug-likeness (QED) is 0.776. The van der Waals surface area contributed by atoms with Gasteiger partial charge in [-0.25, -0.2) is 0 Å². The summed E-state index contributed by atoms with van der Waals surface area (Å²) in [5, 5.41) is 0. The molecule has 0 radical (unpaired) electrons. The third-order valence-electron chi connectivity index (χ3n) is 4.32. The van der Waals surface area contributed by atoms with Crippen LogP contribution in [0.1, 0.15) is 25.0 Å². The van der Waals surface area contributed by atoms with Gasteiger partial charge in [-0.15, -0.1) is 0 Å². The Morgan fingerprint density at radius 1 is 1.11 bits per heavy atom. The van der Waals surface area contributed by atoms with Crippen LogP contribution >= 0.6 is 0 Å². The minimum Gasteiger partial charge on any atom is -0.468 e. The smallest absolute Gasteiger partial charge is 0.117 e. The molecule has 1 aromatic heterocycles. The Kier molecular flexibility index (Phi) is 4.36. The summed E-state index contributed by atoms with van der Waals surface area (Å²) >= 11 is 0. The fourth-order valence-electron chi connectivity index (χ4n) is 3.14. The fourth-order valence-corrected chi connectivity index (χ4v) is 3.14. The van der Waals surface area contributed by atoms with Gasteiger partial charge in [-0.05, 0) is 37.3 Å². The van der Waals surface area contributed by atoms with Crippen molar-refractivity contribution in [2.45, 2.75) is 25.8 Å². The molecule has 0 amide bonds. The Morgan fingerprint density at radius 3 is 2.63 bits per heavy atom. The van der Waals surface area contributed by atoms with Crippen LogP contribution in [-0.4, -0.2) is 42.5 Å². The van der Waals surface area contributed by atoms with E-state index in [1.807, 2.05) is 6.07 Å². The highest BCUT2D eigenvalue weighted by Gasteiger charge is 2.20. The topological polar surface area (TPSA) is 19.6 Å². The average Bonchev–Trinajstić information content (AvgIpc) is 2.95. The molecule has 1 atom stereocenters. The van der Waals surface area contributed by atoms with Crippen LogP contribution in [0, 0.1) is 5.92 Å². The average molecular weight is 260 g/mol. The zero-order valence-electron chi connectivity index (χ0n) is 11.6. The summed E-state index contributed by atoms with van der Waals surface area (Å²) in [6.07, 6.45) is 10.4. The fraction of sp³-hybridized carbons (Fsp3) is 0.625. The van der Waals surface area contributed by atoms with Crippen molar-refractivity contribution in [1.29, 1.82) is 0 Å². The van der Waals surface area contributed by atoms with E-state index in [1.165, 1.54) is 52.0 Å². The van der Waals surface area contributed by atoms with Crippen LogP contribution in [-0.2, 0) is 6.54 Å². The number of rotatable bonds is 4. The van der Waals surface area contributed by atoms with Gasteiger partial charge in [0, 0.05) is 32.7 Å². The van der Waals surface area contributed by atoms with Crippen LogP contribution in [0.3, 0.4) is 0 Å². The SMILES string of the molecule is C1=CCC(CN2CCN(Cc3ccco3)CC2)CC1. The standard InChI is InChI=1S/C16H24N2O/c1-2-5-15(6-3-1)13-17-8-10-18(11-9-17)14-16-7-4-12-19-16/h1-2,4,7,12,15H,3,5-6,8-11,13-14H2. The first-order valence-electron chi connectivity index (χ1n) is 7.52. The van der Waals surface area contributed by atoms with Gasteiger partial charge in [0.2, 0.25) is 0 Å². The second-order valence-corrected chi connectivity index (χ2v) is 5.81. The summed E-state index contributed by atoms with van der Waals surface area (Å²) in [5.74, 6) is 1.98. The summed E-state index contributed by atoms with van der Waals surface area (Å²) in [6.45, 7) is 7.01. The van der Waals surface area contributed by atoms with Crippen molar-refractivity contribution in [3.8, 4) is 0 Å². The highest BCUT2D eigenvalue weighted by molar-refractivity contribution is 4.98. The summed E-state index contributed by atoms with van der Waals surface area (Å²) in [6, 6.07) is 4.04. The minimum atomic E-state index is 0.890. The molecule has 0 aromatic carbocycles. The van der Waals surface area contributed by atoms with Gasteiger partial charge in [-0.3, -0.25) is 4.90 Å². The zero-order valence-corrected chi connectivity index (χ0v) is 11.6. The molecule has 104 valence electrons. The summed E-state index contributed by atoms with van der Waals surface area (Å²) in [5.41, 5.74) is 0. The molecule has 19 heavy (non-hydrogen) atoms. The van der Waals surface area contributed by atoms with E-state index in [0.717, 1.165) is 18.2 Å². The number of hydrogen-bond donors (Lipinski definition) is 0. The van der Waals surface area contributed by atoms with Crippen molar-refractivity contribution in [2.24, 2.45) is 5.92 Å². The summed E-state index contributed by atoms with van der Waals surface area (Å²) < 4.78 is 5.42. The Bertz CT molecular complexity index is 391. The predicted molar refractivity (Wildman–Crippen MR) is 76.9 cm³/mol. The molecule has 3 nitrogen and oxygen atoms in total. The second kappa shape index (κ2) is 6.40. The first kappa shape index (κ1) is 12.9. The van der Waals surface area contributed by atoms with E-state index in [1.54, 1.807) is 6.26 Å². The van der Waals surface area contributed by atoms with Gasteiger partial charge in [0.15, 0.2) is 0 Å². The van der Waals surface area contributed by atoms with Crippen molar-refractivity contribution < 1.29 is 4.42 Å². The normalized spacial score (nSPS) is 25.8. The Labute approximate surface area is 115 Å². The van der Waals surface area contributed by atoms with Gasteiger partial charge in [0.1, 0.15) is 5.76 Å². The molecule has 1 aromatic rings. The van der Waals surface area contributed by atoms with Crippen LogP contribution in [0.2, 0.25) is 0 Å². The van der Waals surface area contributed by atoms with E-state index in [4.69, 9.17) is 4.42 Å². The monoisotopic (exact) mass is 260 g/mol. The van der Waals surface area contributed by atoms with Gasteiger partial charge in [0.25, 0.3) is 0 Å². The van der Waals surface area contributed by atoms with Crippen LogP contribution in [0.4, 0.5) is 0 Å². The third kappa shape index (κ3) is 3.71. The van der Waals surface area contributed by atoms with Gasteiger partial charge in [-0.2, -0.15) is 0 Å². The van der Waals surface area contributed by atoms with Crippen molar-refractivity contribution >= 4 is 0 Å². The van der Waals surface area contributed by atoms with E-state index in [-0.39, 0.29) is 0 Å². The molecule has 0 bridgehead atoms. The first-order chi connectivity index (χ1) is 9.40. The van der Waals surface area contributed by atoms with Crippen LogP contribution in [0.15, 0.2) is 35.0 Å². The third-order valence-corrected chi connectivity index (χ3v) is 4.32. The summed E-state index contributed by atoms with van der Waals surface area (Å²) in [4.78, 5) is 5.14. The van der Waals surface area contributed by atoms with Gasteiger partial charge in [-0.1, -0.05) is 12.2 Å². The second-order valence-electron chi connectivity index (χ2n) is 5.81. The number of piperazine rings is 1. The largest absolute Gasteiger partial charge is 0.468 e. The molecule has 1 aliphatic heterocycles. The van der Waals surface area contributed by atoms with Crippen molar-refractivity contribution in [3.63, 3.8) is 0 Å². The van der Waals surface area contributed by atoms with Crippen LogP contribution in [0.5, 0.6) is 0 Å². The Morgan fingerprint density at radius 2 is 1.95 bits per heavy atom. The number of nitrogens with zero attached hydrogens (tertiary/aromatic N) is 2. The maximum atomic E-state index is 5.42. The van der Waals surface area contributed by atoms with E-state index < -0.39 is 0 Å². The number of allylic oxidation sites excluding steroid dienone is 2. The van der Waals surface area contributed by atoms with E-state index >= 15 is 0 Å². The van der Waals surface area contributed by atoms with Crippen molar-refractivity contribution in [1.82, 2.24) is 9.80 Å². The molecule has 1 saturated heterocycles. The van der Waals surface area contributed by atoms with Gasteiger partial charge in [0.05, 0.1) is 12.8 Å². The molecule has 2 aliphatic rings. The lowest BCUT2D eigenvalue weighted by molar-refractivity contribution is 0.106. The van der Waals surface area contributed by atoms with Gasteiger partial charge >= 0.3 is 0 Å². The maximum absolute atomic E-state index is 5.42. The minimum absolute atomic E-state index is 0.890. The molecule has 2 heterocycles. The molecule has 0 N–H and O–H groups in total.